The van der Waals surface area contributed by atoms with Crippen molar-refractivity contribution in [1.82, 2.24) is 0 Å². The minimum Gasteiger partial charge on any atom is -0.466 e. The van der Waals surface area contributed by atoms with E-state index in [0.717, 1.165) is 36.5 Å². The molecule has 7 heteroatoms. The molecule has 1 aromatic carbocycles. The standard InChI is InChI=1S/C20H30N2O4S/c1-5-21(16-9-11-27-12-10-16)17-8-7-15(13-18(17)22(24)25)20(3,4)14-19(23)26-6-2/h7-8,13,16H,5-6,9-12,14H2,1-4H3. The maximum Gasteiger partial charge on any atom is 0.306 e. The SMILES string of the molecule is CCOC(=O)CC(C)(C)c1ccc(N(CC)C2CCSCC2)c([N+](=O)[O-])c1. The number of benzene rings is 1. The lowest BCUT2D eigenvalue weighted by Gasteiger charge is -2.35. The van der Waals surface area contributed by atoms with E-state index in [1.54, 1.807) is 13.0 Å². The Kier molecular flexibility index (Phi) is 7.53. The van der Waals surface area contributed by atoms with Gasteiger partial charge in [0.1, 0.15) is 5.69 Å². The topological polar surface area (TPSA) is 72.7 Å². The zero-order chi connectivity index (χ0) is 20.0. The third-order valence-corrected chi connectivity index (χ3v) is 6.18. The van der Waals surface area contributed by atoms with Crippen LogP contribution in [0.15, 0.2) is 18.2 Å². The second-order valence-electron chi connectivity index (χ2n) is 7.46. The van der Waals surface area contributed by atoms with E-state index in [1.165, 1.54) is 0 Å². The van der Waals surface area contributed by atoms with Gasteiger partial charge in [0, 0.05) is 24.1 Å². The van der Waals surface area contributed by atoms with E-state index in [0.29, 0.717) is 18.3 Å². The average Bonchev–Trinajstić information content (AvgIpc) is 2.63. The summed E-state index contributed by atoms with van der Waals surface area (Å²) in [5, 5.41) is 11.8. The Balaban J connectivity index is 2.35. The molecule has 2 rings (SSSR count). The number of carbonyl (C=O) groups excluding carboxylic acids is 1. The van der Waals surface area contributed by atoms with Gasteiger partial charge in [0.15, 0.2) is 0 Å². The molecule has 0 aliphatic carbocycles. The summed E-state index contributed by atoms with van der Waals surface area (Å²) >= 11 is 1.94. The van der Waals surface area contributed by atoms with Gasteiger partial charge in [-0.2, -0.15) is 11.8 Å². The number of rotatable bonds is 8. The second-order valence-corrected chi connectivity index (χ2v) is 8.68. The molecule has 150 valence electrons. The molecular formula is C20H30N2O4S. The van der Waals surface area contributed by atoms with Gasteiger partial charge in [-0.25, -0.2) is 0 Å². The van der Waals surface area contributed by atoms with Crippen LogP contribution in [0.4, 0.5) is 11.4 Å². The minimum absolute atomic E-state index is 0.115. The normalized spacial score (nSPS) is 15.4. The smallest absolute Gasteiger partial charge is 0.306 e. The number of thioether (sulfide) groups is 1. The Hall–Kier alpha value is -1.76. The van der Waals surface area contributed by atoms with Crippen molar-refractivity contribution < 1.29 is 14.5 Å². The maximum absolute atomic E-state index is 11.9. The monoisotopic (exact) mass is 394 g/mol. The predicted molar refractivity (Wildman–Crippen MR) is 111 cm³/mol. The van der Waals surface area contributed by atoms with Gasteiger partial charge < -0.3 is 9.64 Å². The summed E-state index contributed by atoms with van der Waals surface area (Å²) < 4.78 is 5.05. The summed E-state index contributed by atoms with van der Waals surface area (Å²) in [6.45, 7) is 8.72. The zero-order valence-corrected chi connectivity index (χ0v) is 17.5. The van der Waals surface area contributed by atoms with Gasteiger partial charge in [0.25, 0.3) is 5.69 Å². The van der Waals surface area contributed by atoms with Crippen LogP contribution in [-0.4, -0.2) is 41.6 Å². The van der Waals surface area contributed by atoms with Crippen LogP contribution < -0.4 is 4.90 Å². The lowest BCUT2D eigenvalue weighted by atomic mass is 9.81. The van der Waals surface area contributed by atoms with E-state index in [4.69, 9.17) is 4.74 Å². The van der Waals surface area contributed by atoms with Gasteiger partial charge in [0.2, 0.25) is 0 Å². The highest BCUT2D eigenvalue weighted by Crippen LogP contribution is 2.37. The molecule has 1 heterocycles. The lowest BCUT2D eigenvalue weighted by molar-refractivity contribution is -0.384. The quantitative estimate of drug-likeness (QED) is 0.366. The number of nitro groups is 1. The highest BCUT2D eigenvalue weighted by Gasteiger charge is 2.31. The summed E-state index contributed by atoms with van der Waals surface area (Å²) in [5.41, 5.74) is 1.04. The molecule has 1 saturated heterocycles. The maximum atomic E-state index is 11.9. The first-order valence-corrected chi connectivity index (χ1v) is 10.7. The number of hydrogen-bond acceptors (Lipinski definition) is 6. The number of hydrogen-bond donors (Lipinski definition) is 0. The van der Waals surface area contributed by atoms with Crippen molar-refractivity contribution in [1.29, 1.82) is 0 Å². The van der Waals surface area contributed by atoms with E-state index >= 15 is 0 Å². The summed E-state index contributed by atoms with van der Waals surface area (Å²) in [5.74, 6) is 1.91. The predicted octanol–water partition coefficient (Wildman–Crippen LogP) is 4.55. The van der Waals surface area contributed by atoms with Crippen LogP contribution in [-0.2, 0) is 14.9 Å². The Labute approximate surface area is 165 Å². The highest BCUT2D eigenvalue weighted by molar-refractivity contribution is 7.99. The first-order chi connectivity index (χ1) is 12.8. The van der Waals surface area contributed by atoms with Crippen LogP contribution >= 0.6 is 11.8 Å². The fourth-order valence-electron chi connectivity index (χ4n) is 3.63. The van der Waals surface area contributed by atoms with E-state index in [9.17, 15) is 14.9 Å². The molecule has 1 aliphatic heterocycles. The van der Waals surface area contributed by atoms with E-state index in [1.807, 2.05) is 44.7 Å². The van der Waals surface area contributed by atoms with Crippen molar-refractivity contribution in [2.24, 2.45) is 0 Å². The van der Waals surface area contributed by atoms with Crippen LogP contribution in [0.3, 0.4) is 0 Å². The molecule has 0 amide bonds. The molecule has 0 saturated carbocycles. The first kappa shape index (κ1) is 21.5. The molecular weight excluding hydrogens is 364 g/mol. The fraction of sp³-hybridized carbons (Fsp3) is 0.650. The van der Waals surface area contributed by atoms with Gasteiger partial charge >= 0.3 is 5.97 Å². The third-order valence-electron chi connectivity index (χ3n) is 5.13. The lowest BCUT2D eigenvalue weighted by Crippen LogP contribution is -2.38. The van der Waals surface area contributed by atoms with Crippen molar-refractivity contribution in [3.63, 3.8) is 0 Å². The van der Waals surface area contributed by atoms with Gasteiger partial charge in [-0.3, -0.25) is 14.9 Å². The largest absolute Gasteiger partial charge is 0.466 e. The first-order valence-electron chi connectivity index (χ1n) is 9.59. The molecule has 0 bridgehead atoms. The second kappa shape index (κ2) is 9.44. The Bertz CT molecular complexity index is 672. The molecule has 0 radical (unpaired) electrons. The summed E-state index contributed by atoms with van der Waals surface area (Å²) in [4.78, 5) is 25.6. The van der Waals surface area contributed by atoms with Crippen molar-refractivity contribution in [3.05, 3.63) is 33.9 Å². The molecule has 0 spiro atoms. The molecule has 0 atom stereocenters. The van der Waals surface area contributed by atoms with Crippen LogP contribution in [0.5, 0.6) is 0 Å². The molecule has 6 nitrogen and oxygen atoms in total. The Morgan fingerprint density at radius 2 is 2.00 bits per heavy atom. The van der Waals surface area contributed by atoms with E-state index in [-0.39, 0.29) is 23.0 Å². The summed E-state index contributed by atoms with van der Waals surface area (Å²) in [6, 6.07) is 5.75. The average molecular weight is 395 g/mol. The summed E-state index contributed by atoms with van der Waals surface area (Å²) in [7, 11) is 0. The number of anilines is 1. The Morgan fingerprint density at radius 1 is 1.33 bits per heavy atom. The van der Waals surface area contributed by atoms with Crippen molar-refractivity contribution in [2.75, 3.05) is 29.6 Å². The van der Waals surface area contributed by atoms with Crippen LogP contribution in [0.2, 0.25) is 0 Å². The van der Waals surface area contributed by atoms with E-state index in [2.05, 4.69) is 4.90 Å². The molecule has 1 aliphatic rings. The highest BCUT2D eigenvalue weighted by atomic mass is 32.2. The zero-order valence-electron chi connectivity index (χ0n) is 16.7. The van der Waals surface area contributed by atoms with Gasteiger partial charge in [-0.15, -0.1) is 0 Å². The van der Waals surface area contributed by atoms with Crippen molar-refractivity contribution in [3.8, 4) is 0 Å². The van der Waals surface area contributed by atoms with E-state index < -0.39 is 5.41 Å². The van der Waals surface area contributed by atoms with Gasteiger partial charge in [0.05, 0.1) is 18.0 Å². The summed E-state index contributed by atoms with van der Waals surface area (Å²) in [6.07, 6.45) is 2.28. The molecule has 27 heavy (non-hydrogen) atoms. The molecule has 0 N–H and O–H groups in total. The van der Waals surface area contributed by atoms with Crippen molar-refractivity contribution >= 4 is 29.1 Å². The number of carbonyl (C=O) groups is 1. The molecule has 0 aromatic heterocycles. The third kappa shape index (κ3) is 5.37. The molecule has 1 fully saturated rings. The Morgan fingerprint density at radius 3 is 2.56 bits per heavy atom. The molecule has 1 aromatic rings. The minimum atomic E-state index is -0.534. The van der Waals surface area contributed by atoms with Gasteiger partial charge in [-0.05, 0) is 49.8 Å². The van der Waals surface area contributed by atoms with Crippen LogP contribution in [0.25, 0.3) is 0 Å². The number of nitrogens with zero attached hydrogens (tertiary/aromatic N) is 2. The fourth-order valence-corrected chi connectivity index (χ4v) is 4.71. The van der Waals surface area contributed by atoms with Crippen LogP contribution in [0.1, 0.15) is 52.5 Å². The van der Waals surface area contributed by atoms with Crippen LogP contribution in [0, 0.1) is 10.1 Å². The number of esters is 1. The number of ether oxygens (including phenoxy) is 1. The van der Waals surface area contributed by atoms with Crippen molar-refractivity contribution in [2.45, 2.75) is 58.4 Å². The molecule has 0 unspecified atom stereocenters. The number of nitro benzene ring substituents is 1. The van der Waals surface area contributed by atoms with Gasteiger partial charge in [-0.1, -0.05) is 19.9 Å².